The highest BCUT2D eigenvalue weighted by Gasteiger charge is 2.33. The molecule has 2 atom stereocenters. The monoisotopic (exact) mass is 191 g/mol. The third-order valence-corrected chi connectivity index (χ3v) is 2.47. The summed E-state index contributed by atoms with van der Waals surface area (Å²) in [7, 11) is 0. The average molecular weight is 191 g/mol. The largest absolute Gasteiger partial charge is 0.439 e. The van der Waals surface area contributed by atoms with Crippen LogP contribution in [0.3, 0.4) is 0 Å². The van der Waals surface area contributed by atoms with E-state index in [4.69, 9.17) is 4.74 Å². The summed E-state index contributed by atoms with van der Waals surface area (Å²) < 4.78 is 5.20. The molecule has 0 radical (unpaired) electrons. The summed E-state index contributed by atoms with van der Waals surface area (Å²) in [6.45, 7) is 2.04. The van der Waals surface area contributed by atoms with Gasteiger partial charge in [-0.2, -0.15) is 0 Å². The lowest BCUT2D eigenvalue weighted by Crippen LogP contribution is -2.26. The summed E-state index contributed by atoms with van der Waals surface area (Å²) in [5.74, 6) is 0. The Bertz CT molecular complexity index is 323. The molecular weight excluding hydrogens is 178 g/mol. The molecule has 0 spiro atoms. The molecule has 2 rings (SSSR count). The van der Waals surface area contributed by atoms with Gasteiger partial charge in [0.15, 0.2) is 0 Å². The number of alkyl carbamates (subject to hydrolysis) is 1. The number of rotatable bonds is 2. The minimum Gasteiger partial charge on any atom is -0.439 e. The SMILES string of the molecule is CCC1NC(=O)O[C@@H]1c1ccccc1. The van der Waals surface area contributed by atoms with Crippen molar-refractivity contribution in [3.8, 4) is 0 Å². The van der Waals surface area contributed by atoms with Gasteiger partial charge in [-0.15, -0.1) is 0 Å². The normalized spacial score (nSPS) is 25.6. The number of carbonyl (C=O) groups is 1. The van der Waals surface area contributed by atoms with E-state index < -0.39 is 0 Å². The maximum absolute atomic E-state index is 11.1. The van der Waals surface area contributed by atoms with Gasteiger partial charge >= 0.3 is 6.09 Å². The molecule has 1 aromatic rings. The summed E-state index contributed by atoms with van der Waals surface area (Å²) in [6.07, 6.45) is 0.435. The molecule has 1 saturated heterocycles. The van der Waals surface area contributed by atoms with Crippen LogP contribution in [0.1, 0.15) is 25.0 Å². The lowest BCUT2D eigenvalue weighted by atomic mass is 10.0. The van der Waals surface area contributed by atoms with Crippen molar-refractivity contribution in [2.75, 3.05) is 0 Å². The molecule has 3 heteroatoms. The molecule has 0 saturated carbocycles. The van der Waals surface area contributed by atoms with Crippen molar-refractivity contribution in [1.82, 2.24) is 5.32 Å². The maximum atomic E-state index is 11.1. The summed E-state index contributed by atoms with van der Waals surface area (Å²) >= 11 is 0. The van der Waals surface area contributed by atoms with Gasteiger partial charge < -0.3 is 10.1 Å². The highest BCUT2D eigenvalue weighted by atomic mass is 16.6. The molecule has 1 fully saturated rings. The number of amides is 1. The van der Waals surface area contributed by atoms with Gasteiger partial charge in [0.1, 0.15) is 6.10 Å². The van der Waals surface area contributed by atoms with Gasteiger partial charge in [0.2, 0.25) is 0 Å². The first-order valence-corrected chi connectivity index (χ1v) is 4.83. The van der Waals surface area contributed by atoms with E-state index >= 15 is 0 Å². The standard InChI is InChI=1S/C11H13NO2/c1-2-9-10(14-11(13)12-9)8-6-4-3-5-7-8/h3-7,9-10H,2H2,1H3,(H,12,13)/t9?,10-/m1/s1. The van der Waals surface area contributed by atoms with Crippen LogP contribution >= 0.6 is 0 Å². The Morgan fingerprint density at radius 2 is 2.07 bits per heavy atom. The van der Waals surface area contributed by atoms with E-state index in [1.165, 1.54) is 0 Å². The molecule has 0 bridgehead atoms. The van der Waals surface area contributed by atoms with Gasteiger partial charge in [-0.1, -0.05) is 37.3 Å². The number of nitrogens with one attached hydrogen (secondary N) is 1. The minimum absolute atomic E-state index is 0.102. The predicted molar refractivity (Wildman–Crippen MR) is 52.9 cm³/mol. The molecule has 0 aromatic heterocycles. The van der Waals surface area contributed by atoms with Crippen molar-refractivity contribution in [2.45, 2.75) is 25.5 Å². The van der Waals surface area contributed by atoms with Gasteiger partial charge in [-0.3, -0.25) is 0 Å². The molecule has 1 unspecified atom stereocenters. The van der Waals surface area contributed by atoms with Crippen LogP contribution in [0.2, 0.25) is 0 Å². The molecule has 1 aromatic carbocycles. The molecule has 0 aliphatic carbocycles. The summed E-state index contributed by atoms with van der Waals surface area (Å²) in [5, 5.41) is 2.79. The molecule has 1 amide bonds. The second kappa shape index (κ2) is 3.70. The lowest BCUT2D eigenvalue weighted by Gasteiger charge is -2.14. The molecule has 1 N–H and O–H groups in total. The van der Waals surface area contributed by atoms with Gasteiger partial charge in [-0.25, -0.2) is 4.79 Å². The molecule has 1 heterocycles. The van der Waals surface area contributed by atoms with Crippen LogP contribution in [0.25, 0.3) is 0 Å². The van der Waals surface area contributed by atoms with E-state index in [-0.39, 0.29) is 18.2 Å². The number of hydrogen-bond acceptors (Lipinski definition) is 2. The van der Waals surface area contributed by atoms with Crippen LogP contribution in [-0.2, 0) is 4.74 Å². The fraction of sp³-hybridized carbons (Fsp3) is 0.364. The zero-order valence-corrected chi connectivity index (χ0v) is 8.07. The fourth-order valence-corrected chi connectivity index (χ4v) is 1.72. The Hall–Kier alpha value is -1.51. The van der Waals surface area contributed by atoms with Crippen molar-refractivity contribution < 1.29 is 9.53 Å². The minimum atomic E-state index is -0.314. The lowest BCUT2D eigenvalue weighted by molar-refractivity contribution is 0.131. The van der Waals surface area contributed by atoms with Gasteiger partial charge in [0, 0.05) is 0 Å². The first-order valence-electron chi connectivity index (χ1n) is 4.83. The number of cyclic esters (lactones) is 1. The Morgan fingerprint density at radius 1 is 1.36 bits per heavy atom. The Balaban J connectivity index is 2.22. The molecular formula is C11H13NO2. The highest BCUT2D eigenvalue weighted by molar-refractivity contribution is 5.70. The second-order valence-corrected chi connectivity index (χ2v) is 3.40. The molecule has 14 heavy (non-hydrogen) atoms. The van der Waals surface area contributed by atoms with Crippen LogP contribution in [-0.4, -0.2) is 12.1 Å². The average Bonchev–Trinajstić information content (AvgIpc) is 2.61. The maximum Gasteiger partial charge on any atom is 0.408 e. The van der Waals surface area contributed by atoms with Gasteiger partial charge in [-0.05, 0) is 12.0 Å². The van der Waals surface area contributed by atoms with E-state index in [0.717, 1.165) is 12.0 Å². The quantitative estimate of drug-likeness (QED) is 0.778. The number of carbonyl (C=O) groups excluding carboxylic acids is 1. The molecule has 74 valence electrons. The van der Waals surface area contributed by atoms with E-state index in [1.54, 1.807) is 0 Å². The summed E-state index contributed by atoms with van der Waals surface area (Å²) in [4.78, 5) is 11.1. The van der Waals surface area contributed by atoms with Crippen molar-refractivity contribution in [1.29, 1.82) is 0 Å². The van der Waals surface area contributed by atoms with Crippen LogP contribution in [0, 0.1) is 0 Å². The second-order valence-electron chi connectivity index (χ2n) is 3.40. The summed E-state index contributed by atoms with van der Waals surface area (Å²) in [5.41, 5.74) is 1.05. The highest BCUT2D eigenvalue weighted by Crippen LogP contribution is 2.27. The number of benzene rings is 1. The molecule has 3 nitrogen and oxygen atoms in total. The Morgan fingerprint density at radius 3 is 2.71 bits per heavy atom. The molecule has 1 aliphatic heterocycles. The van der Waals surface area contributed by atoms with Gasteiger partial charge in [0.05, 0.1) is 6.04 Å². The van der Waals surface area contributed by atoms with E-state index in [1.807, 2.05) is 37.3 Å². The third-order valence-electron chi connectivity index (χ3n) is 2.47. The van der Waals surface area contributed by atoms with Gasteiger partial charge in [0.25, 0.3) is 0 Å². The van der Waals surface area contributed by atoms with E-state index in [2.05, 4.69) is 5.32 Å². The van der Waals surface area contributed by atoms with E-state index in [9.17, 15) is 4.79 Å². The topological polar surface area (TPSA) is 38.3 Å². The smallest absolute Gasteiger partial charge is 0.408 e. The van der Waals surface area contributed by atoms with Crippen molar-refractivity contribution in [3.05, 3.63) is 35.9 Å². The fourth-order valence-electron chi connectivity index (χ4n) is 1.72. The van der Waals surface area contributed by atoms with Crippen LogP contribution in [0.5, 0.6) is 0 Å². The number of ether oxygens (including phenoxy) is 1. The summed E-state index contributed by atoms with van der Waals surface area (Å²) in [6, 6.07) is 9.92. The zero-order valence-electron chi connectivity index (χ0n) is 8.07. The van der Waals surface area contributed by atoms with Crippen LogP contribution in [0.15, 0.2) is 30.3 Å². The molecule has 1 aliphatic rings. The number of hydrogen-bond donors (Lipinski definition) is 1. The van der Waals surface area contributed by atoms with Crippen molar-refractivity contribution >= 4 is 6.09 Å². The zero-order chi connectivity index (χ0) is 9.97. The Kier molecular flexibility index (Phi) is 2.39. The van der Waals surface area contributed by atoms with Crippen molar-refractivity contribution in [2.24, 2.45) is 0 Å². The predicted octanol–water partition coefficient (Wildman–Crippen LogP) is 2.25. The first-order chi connectivity index (χ1) is 6.81. The first kappa shape index (κ1) is 9.06. The Labute approximate surface area is 83.1 Å². The van der Waals surface area contributed by atoms with Crippen LogP contribution < -0.4 is 5.32 Å². The van der Waals surface area contributed by atoms with Crippen molar-refractivity contribution in [3.63, 3.8) is 0 Å². The van der Waals surface area contributed by atoms with E-state index in [0.29, 0.717) is 0 Å². The third kappa shape index (κ3) is 1.58. The van der Waals surface area contributed by atoms with Crippen LogP contribution in [0.4, 0.5) is 4.79 Å².